The number of ether oxygens (including phenoxy) is 1. The Bertz CT molecular complexity index is 1440. The third-order valence-electron chi connectivity index (χ3n) is 8.57. The van der Waals surface area contributed by atoms with E-state index in [2.05, 4.69) is 51.7 Å². The molecular formula is C31H36N4O3. The Kier molecular flexibility index (Phi) is 6.26. The number of H-pyrrole nitrogens is 1. The second kappa shape index (κ2) is 9.62. The highest BCUT2D eigenvalue weighted by atomic mass is 16.5. The molecule has 2 unspecified atom stereocenters. The third kappa shape index (κ3) is 4.39. The smallest absolute Gasteiger partial charge is 0.253 e. The van der Waals surface area contributed by atoms with Crippen molar-refractivity contribution in [1.29, 1.82) is 0 Å². The number of carbonyl (C=O) groups is 1. The van der Waals surface area contributed by atoms with Gasteiger partial charge < -0.3 is 25.3 Å². The van der Waals surface area contributed by atoms with Gasteiger partial charge in [-0.25, -0.2) is 0 Å². The summed E-state index contributed by atoms with van der Waals surface area (Å²) >= 11 is 0. The fourth-order valence-electron chi connectivity index (χ4n) is 6.49. The van der Waals surface area contributed by atoms with Crippen LogP contribution in [0.15, 0.2) is 47.3 Å². The summed E-state index contributed by atoms with van der Waals surface area (Å²) in [5.41, 5.74) is 6.84. The standard InChI is InChI=1S/C31H36N4O3/c1-19-15-20(2)34-30(37)26(19)18-33-29(36)22-16-24(28-25(17-22)27-5-4-10-31(27,3)38-28)21-6-8-23(9-7-21)35-13-11-32-12-14-35/h6-9,15-17,27,32H,4-5,10-14,18H2,1-3H3,(H,33,36)(H,34,37). The molecule has 1 aliphatic carbocycles. The molecule has 1 saturated carbocycles. The first kappa shape index (κ1) is 24.7. The van der Waals surface area contributed by atoms with Gasteiger partial charge in [0.1, 0.15) is 11.4 Å². The maximum atomic E-state index is 13.4. The number of aryl methyl sites for hydroxylation is 2. The zero-order valence-corrected chi connectivity index (χ0v) is 22.4. The third-order valence-corrected chi connectivity index (χ3v) is 8.57. The number of rotatable bonds is 5. The molecule has 1 amide bonds. The quantitative estimate of drug-likeness (QED) is 0.471. The molecule has 7 heteroatoms. The van der Waals surface area contributed by atoms with Crippen LogP contribution >= 0.6 is 0 Å². The first-order valence-electron chi connectivity index (χ1n) is 13.7. The Morgan fingerprint density at radius 3 is 2.63 bits per heavy atom. The minimum absolute atomic E-state index is 0.155. The van der Waals surface area contributed by atoms with Crippen molar-refractivity contribution >= 4 is 11.6 Å². The minimum atomic E-state index is -0.223. The maximum absolute atomic E-state index is 13.4. The molecule has 0 radical (unpaired) electrons. The number of anilines is 1. The molecule has 198 valence electrons. The summed E-state index contributed by atoms with van der Waals surface area (Å²) in [6, 6.07) is 14.5. The lowest BCUT2D eigenvalue weighted by atomic mass is 9.86. The van der Waals surface area contributed by atoms with E-state index in [9.17, 15) is 9.59 Å². The van der Waals surface area contributed by atoms with E-state index in [4.69, 9.17) is 4.74 Å². The van der Waals surface area contributed by atoms with Gasteiger partial charge in [-0.2, -0.15) is 0 Å². The van der Waals surface area contributed by atoms with Gasteiger partial charge in [0.25, 0.3) is 11.5 Å². The van der Waals surface area contributed by atoms with E-state index in [1.165, 1.54) is 5.69 Å². The summed E-state index contributed by atoms with van der Waals surface area (Å²) in [4.78, 5) is 31.1. The molecule has 2 fully saturated rings. The number of hydrogen-bond acceptors (Lipinski definition) is 5. The number of piperazine rings is 1. The lowest BCUT2D eigenvalue weighted by Gasteiger charge is -2.29. The van der Waals surface area contributed by atoms with Crippen molar-refractivity contribution < 1.29 is 9.53 Å². The van der Waals surface area contributed by atoms with Crippen LogP contribution in [-0.4, -0.2) is 42.7 Å². The average molecular weight is 513 g/mol. The highest BCUT2D eigenvalue weighted by Crippen LogP contribution is 2.56. The van der Waals surface area contributed by atoms with Crippen molar-refractivity contribution in [3.8, 4) is 16.9 Å². The molecule has 2 aromatic carbocycles. The topological polar surface area (TPSA) is 86.5 Å². The SMILES string of the molecule is Cc1cc(C)c(CNC(=O)c2cc(-c3ccc(N4CCNCC4)cc3)c3c(c2)C2CCCC2(C)O3)c(=O)[nH]1. The number of aromatic amines is 1. The number of nitrogens with zero attached hydrogens (tertiary/aromatic N) is 1. The summed E-state index contributed by atoms with van der Waals surface area (Å²) in [5, 5.41) is 6.40. The van der Waals surface area contributed by atoms with E-state index in [0.717, 1.165) is 79.1 Å². The number of amides is 1. The molecular weight excluding hydrogens is 476 g/mol. The number of fused-ring (bicyclic) bond motifs is 3. The van der Waals surface area contributed by atoms with Crippen LogP contribution in [0, 0.1) is 13.8 Å². The molecule has 3 heterocycles. The Morgan fingerprint density at radius 1 is 1.13 bits per heavy atom. The molecule has 38 heavy (non-hydrogen) atoms. The summed E-state index contributed by atoms with van der Waals surface area (Å²) in [6.45, 7) is 10.1. The van der Waals surface area contributed by atoms with Gasteiger partial charge >= 0.3 is 0 Å². The normalized spacial score (nSPS) is 22.1. The monoisotopic (exact) mass is 512 g/mol. The number of nitrogens with one attached hydrogen (secondary N) is 3. The van der Waals surface area contributed by atoms with E-state index in [-0.39, 0.29) is 29.5 Å². The molecule has 3 N–H and O–H groups in total. The van der Waals surface area contributed by atoms with Gasteiger partial charge in [-0.3, -0.25) is 9.59 Å². The van der Waals surface area contributed by atoms with Crippen LogP contribution < -0.4 is 25.8 Å². The number of benzene rings is 2. The zero-order chi connectivity index (χ0) is 26.4. The van der Waals surface area contributed by atoms with Crippen LogP contribution in [0.3, 0.4) is 0 Å². The van der Waals surface area contributed by atoms with E-state index in [1.807, 2.05) is 32.0 Å². The minimum Gasteiger partial charge on any atom is -0.486 e. The van der Waals surface area contributed by atoms with Crippen LogP contribution in [0.4, 0.5) is 5.69 Å². The van der Waals surface area contributed by atoms with Crippen molar-refractivity contribution in [3.63, 3.8) is 0 Å². The van der Waals surface area contributed by atoms with E-state index in [1.54, 1.807) is 0 Å². The summed E-state index contributed by atoms with van der Waals surface area (Å²) in [5.74, 6) is 1.01. The van der Waals surface area contributed by atoms with Crippen LogP contribution in [0.5, 0.6) is 5.75 Å². The second-order valence-corrected chi connectivity index (χ2v) is 11.2. The molecule has 0 bridgehead atoms. The van der Waals surface area contributed by atoms with E-state index < -0.39 is 0 Å². The fourth-order valence-corrected chi connectivity index (χ4v) is 6.49. The maximum Gasteiger partial charge on any atom is 0.253 e. The van der Waals surface area contributed by atoms with Gasteiger partial charge in [0.15, 0.2) is 0 Å². The summed E-state index contributed by atoms with van der Waals surface area (Å²) in [7, 11) is 0. The number of hydrogen-bond donors (Lipinski definition) is 3. The van der Waals surface area contributed by atoms with Gasteiger partial charge in [0, 0.05) is 72.3 Å². The number of pyridine rings is 1. The summed E-state index contributed by atoms with van der Waals surface area (Å²) < 4.78 is 6.66. The molecule has 1 aromatic heterocycles. The Morgan fingerprint density at radius 2 is 1.89 bits per heavy atom. The van der Waals surface area contributed by atoms with Crippen LogP contribution in [-0.2, 0) is 6.54 Å². The highest BCUT2D eigenvalue weighted by Gasteiger charge is 2.49. The first-order valence-corrected chi connectivity index (χ1v) is 13.7. The van der Waals surface area contributed by atoms with Crippen molar-refractivity contribution in [1.82, 2.24) is 15.6 Å². The predicted molar refractivity (Wildman–Crippen MR) is 150 cm³/mol. The van der Waals surface area contributed by atoms with Crippen LogP contribution in [0.1, 0.15) is 64.8 Å². The van der Waals surface area contributed by atoms with E-state index >= 15 is 0 Å². The highest BCUT2D eigenvalue weighted by molar-refractivity contribution is 5.97. The van der Waals surface area contributed by atoms with Crippen molar-refractivity contribution in [3.05, 3.63) is 80.8 Å². The van der Waals surface area contributed by atoms with Gasteiger partial charge in [-0.15, -0.1) is 0 Å². The number of aromatic nitrogens is 1. The molecule has 3 aromatic rings. The lowest BCUT2D eigenvalue weighted by Crippen LogP contribution is -2.43. The van der Waals surface area contributed by atoms with Crippen molar-refractivity contribution in [2.75, 3.05) is 31.1 Å². The molecule has 2 atom stereocenters. The van der Waals surface area contributed by atoms with Crippen LogP contribution in [0.2, 0.25) is 0 Å². The molecule has 2 aliphatic heterocycles. The molecule has 0 spiro atoms. The first-order chi connectivity index (χ1) is 18.3. The van der Waals surface area contributed by atoms with Gasteiger partial charge in [0.05, 0.1) is 0 Å². The number of carbonyl (C=O) groups excluding carboxylic acids is 1. The molecule has 7 nitrogen and oxygen atoms in total. The van der Waals surface area contributed by atoms with Gasteiger partial charge in [0.2, 0.25) is 0 Å². The Labute approximate surface area is 223 Å². The van der Waals surface area contributed by atoms with E-state index in [0.29, 0.717) is 11.1 Å². The van der Waals surface area contributed by atoms with Crippen molar-refractivity contribution in [2.24, 2.45) is 0 Å². The Hall–Kier alpha value is -3.58. The van der Waals surface area contributed by atoms with Crippen molar-refractivity contribution in [2.45, 2.75) is 58.1 Å². The predicted octanol–water partition coefficient (Wildman–Crippen LogP) is 4.42. The summed E-state index contributed by atoms with van der Waals surface area (Å²) in [6.07, 6.45) is 3.21. The molecule has 1 saturated heterocycles. The molecule has 6 rings (SSSR count). The second-order valence-electron chi connectivity index (χ2n) is 11.2. The van der Waals surface area contributed by atoms with Gasteiger partial charge in [-0.05, 0) is 81.5 Å². The Balaban J connectivity index is 1.33. The molecule has 3 aliphatic rings. The lowest BCUT2D eigenvalue weighted by molar-refractivity contribution is 0.0950. The zero-order valence-electron chi connectivity index (χ0n) is 22.4. The van der Waals surface area contributed by atoms with Crippen LogP contribution in [0.25, 0.3) is 11.1 Å². The van der Waals surface area contributed by atoms with Gasteiger partial charge in [-0.1, -0.05) is 12.1 Å². The largest absolute Gasteiger partial charge is 0.486 e. The fraction of sp³-hybridized carbons (Fsp3) is 0.419. The average Bonchev–Trinajstić information content (AvgIpc) is 3.42.